The Bertz CT molecular complexity index is 1090. The Balaban J connectivity index is 1.39. The third-order valence-corrected chi connectivity index (χ3v) is 5.62. The van der Waals surface area contributed by atoms with E-state index in [-0.39, 0.29) is 22.0 Å². The molecule has 2 N–H and O–H groups in total. The molecule has 0 bridgehead atoms. The summed E-state index contributed by atoms with van der Waals surface area (Å²) in [7, 11) is 0. The predicted octanol–water partition coefficient (Wildman–Crippen LogP) is 4.35. The van der Waals surface area contributed by atoms with E-state index < -0.39 is 11.7 Å². The number of carbonyl (C=O) groups excluding carboxylic acids is 1. The number of carbonyl (C=O) groups is 1. The van der Waals surface area contributed by atoms with Crippen LogP contribution in [0.3, 0.4) is 0 Å². The number of aromatic nitrogens is 2. The fourth-order valence-corrected chi connectivity index (χ4v) is 3.85. The maximum absolute atomic E-state index is 13.0. The molecular weight excluding hydrogens is 445 g/mol. The zero-order valence-electron chi connectivity index (χ0n) is 17.1. The first-order valence-electron chi connectivity index (χ1n) is 10.3. The van der Waals surface area contributed by atoms with Crippen molar-refractivity contribution in [2.75, 3.05) is 39.4 Å². The zero-order chi connectivity index (χ0) is 22.7. The van der Waals surface area contributed by atoms with Crippen molar-refractivity contribution in [1.29, 1.82) is 0 Å². The maximum atomic E-state index is 13.0. The molecule has 1 aromatic heterocycles. The molecule has 10 heteroatoms. The number of morpholine rings is 1. The van der Waals surface area contributed by atoms with Gasteiger partial charge in [0.05, 0.1) is 29.3 Å². The minimum absolute atomic E-state index is 0.0783. The summed E-state index contributed by atoms with van der Waals surface area (Å²) in [5.41, 5.74) is 0.743. The van der Waals surface area contributed by atoms with Gasteiger partial charge < -0.3 is 15.0 Å². The van der Waals surface area contributed by atoms with Crippen LogP contribution in [0, 0.1) is 0 Å². The first kappa shape index (κ1) is 22.6. The van der Waals surface area contributed by atoms with Crippen LogP contribution in [0.1, 0.15) is 22.3 Å². The Labute approximate surface area is 187 Å². The van der Waals surface area contributed by atoms with Gasteiger partial charge in [0.2, 0.25) is 0 Å². The van der Waals surface area contributed by atoms with Crippen molar-refractivity contribution in [2.24, 2.45) is 0 Å². The van der Waals surface area contributed by atoms with E-state index in [1.807, 2.05) is 0 Å². The molecule has 0 radical (unpaired) electrons. The van der Waals surface area contributed by atoms with E-state index in [2.05, 4.69) is 20.2 Å². The molecule has 1 aliphatic heterocycles. The maximum Gasteiger partial charge on any atom is 0.416 e. The standard InChI is InChI=1S/C22H22ClF3N4O2/c23-17-12-16(22(24,25)26)13-18-19(17)29-20(28-18)14-2-4-15(5-3-14)21(31)27-6-1-7-30-8-10-32-11-9-30/h2-5,12-13H,1,6-11H2,(H,27,31)(H,28,29). The SMILES string of the molecule is O=C(NCCCN1CCOCC1)c1ccc(-c2nc3c(Cl)cc(C(F)(F)F)cc3[nH]2)cc1. The summed E-state index contributed by atoms with van der Waals surface area (Å²) >= 11 is 6.00. The lowest BCUT2D eigenvalue weighted by atomic mass is 10.1. The third-order valence-electron chi connectivity index (χ3n) is 5.33. The van der Waals surface area contributed by atoms with E-state index in [0.29, 0.717) is 23.5 Å². The van der Waals surface area contributed by atoms with Gasteiger partial charge in [0, 0.05) is 30.8 Å². The number of ether oxygens (including phenoxy) is 1. The van der Waals surface area contributed by atoms with Crippen LogP contribution in [-0.2, 0) is 10.9 Å². The normalized spacial score (nSPS) is 15.2. The Morgan fingerprint density at radius 1 is 1.19 bits per heavy atom. The molecule has 1 saturated heterocycles. The highest BCUT2D eigenvalue weighted by Crippen LogP contribution is 2.35. The number of nitrogens with one attached hydrogen (secondary N) is 2. The van der Waals surface area contributed by atoms with Gasteiger partial charge in [-0.1, -0.05) is 23.7 Å². The van der Waals surface area contributed by atoms with Crippen molar-refractivity contribution in [2.45, 2.75) is 12.6 Å². The van der Waals surface area contributed by atoms with Gasteiger partial charge in [-0.15, -0.1) is 0 Å². The van der Waals surface area contributed by atoms with Gasteiger partial charge in [-0.25, -0.2) is 4.98 Å². The topological polar surface area (TPSA) is 70.2 Å². The van der Waals surface area contributed by atoms with E-state index in [1.165, 1.54) is 0 Å². The highest BCUT2D eigenvalue weighted by atomic mass is 35.5. The van der Waals surface area contributed by atoms with Crippen molar-refractivity contribution in [3.8, 4) is 11.4 Å². The largest absolute Gasteiger partial charge is 0.416 e. The van der Waals surface area contributed by atoms with Crippen LogP contribution in [0.25, 0.3) is 22.4 Å². The van der Waals surface area contributed by atoms with Crippen LogP contribution in [0.5, 0.6) is 0 Å². The van der Waals surface area contributed by atoms with Crippen LogP contribution in [-0.4, -0.2) is 60.2 Å². The molecule has 0 atom stereocenters. The molecule has 3 aromatic rings. The predicted molar refractivity (Wildman–Crippen MR) is 116 cm³/mol. The molecule has 0 unspecified atom stereocenters. The monoisotopic (exact) mass is 466 g/mol. The van der Waals surface area contributed by atoms with Crippen molar-refractivity contribution in [3.05, 3.63) is 52.5 Å². The molecule has 1 amide bonds. The molecule has 2 heterocycles. The molecule has 2 aromatic carbocycles. The minimum Gasteiger partial charge on any atom is -0.379 e. The number of aromatic amines is 1. The highest BCUT2D eigenvalue weighted by molar-refractivity contribution is 6.35. The van der Waals surface area contributed by atoms with Gasteiger partial charge >= 0.3 is 6.18 Å². The average Bonchev–Trinajstić information content (AvgIpc) is 3.22. The molecule has 0 spiro atoms. The fraction of sp³-hybridized carbons (Fsp3) is 0.364. The molecule has 0 saturated carbocycles. The van der Waals surface area contributed by atoms with Crippen LogP contribution in [0.4, 0.5) is 13.2 Å². The summed E-state index contributed by atoms with van der Waals surface area (Å²) in [5, 5.41) is 2.82. The number of fused-ring (bicyclic) bond motifs is 1. The summed E-state index contributed by atoms with van der Waals surface area (Å²) in [6, 6.07) is 8.54. The third kappa shape index (κ3) is 5.23. The highest BCUT2D eigenvalue weighted by Gasteiger charge is 2.31. The van der Waals surface area contributed by atoms with E-state index in [9.17, 15) is 18.0 Å². The molecule has 1 aliphatic rings. The first-order valence-corrected chi connectivity index (χ1v) is 10.6. The number of hydrogen-bond donors (Lipinski definition) is 2. The quantitative estimate of drug-likeness (QED) is 0.530. The number of amides is 1. The van der Waals surface area contributed by atoms with Crippen LogP contribution in [0.2, 0.25) is 5.02 Å². The number of alkyl halides is 3. The molecular formula is C22H22ClF3N4O2. The van der Waals surface area contributed by atoms with Crippen molar-refractivity contribution < 1.29 is 22.7 Å². The van der Waals surface area contributed by atoms with Crippen LogP contribution in [0.15, 0.2) is 36.4 Å². The molecule has 170 valence electrons. The van der Waals surface area contributed by atoms with Gasteiger partial charge in [-0.3, -0.25) is 9.69 Å². The average molecular weight is 467 g/mol. The minimum atomic E-state index is -4.50. The van der Waals surface area contributed by atoms with Gasteiger partial charge in [0.15, 0.2) is 0 Å². The first-order chi connectivity index (χ1) is 15.3. The second-order valence-corrected chi connectivity index (χ2v) is 7.99. The van der Waals surface area contributed by atoms with E-state index in [0.717, 1.165) is 51.4 Å². The molecule has 32 heavy (non-hydrogen) atoms. The Hall–Kier alpha value is -2.62. The number of imidazole rings is 1. The van der Waals surface area contributed by atoms with Gasteiger partial charge in [-0.2, -0.15) is 13.2 Å². The zero-order valence-corrected chi connectivity index (χ0v) is 17.9. The molecule has 0 aliphatic carbocycles. The number of H-pyrrole nitrogens is 1. The van der Waals surface area contributed by atoms with Crippen molar-refractivity contribution >= 4 is 28.5 Å². The summed E-state index contributed by atoms with van der Waals surface area (Å²) in [6.07, 6.45) is -3.65. The second-order valence-electron chi connectivity index (χ2n) is 7.58. The molecule has 6 nitrogen and oxygen atoms in total. The number of benzene rings is 2. The van der Waals surface area contributed by atoms with E-state index in [4.69, 9.17) is 16.3 Å². The smallest absolute Gasteiger partial charge is 0.379 e. The summed E-state index contributed by atoms with van der Waals surface area (Å²) in [5.74, 6) is 0.194. The van der Waals surface area contributed by atoms with Crippen molar-refractivity contribution in [3.63, 3.8) is 0 Å². The van der Waals surface area contributed by atoms with Crippen molar-refractivity contribution in [1.82, 2.24) is 20.2 Å². The second kappa shape index (κ2) is 9.48. The number of halogens is 4. The van der Waals surface area contributed by atoms with E-state index in [1.54, 1.807) is 24.3 Å². The molecule has 1 fully saturated rings. The fourth-order valence-electron chi connectivity index (χ4n) is 3.59. The molecule has 4 rings (SSSR count). The number of rotatable bonds is 6. The summed E-state index contributed by atoms with van der Waals surface area (Å²) in [6.45, 7) is 4.81. The van der Waals surface area contributed by atoms with E-state index >= 15 is 0 Å². The summed E-state index contributed by atoms with van der Waals surface area (Å²) in [4.78, 5) is 21.9. The number of hydrogen-bond acceptors (Lipinski definition) is 4. The van der Waals surface area contributed by atoms with Gasteiger partial charge in [-0.05, 0) is 37.2 Å². The Morgan fingerprint density at radius 3 is 2.59 bits per heavy atom. The Kier molecular flexibility index (Phi) is 6.68. The van der Waals surface area contributed by atoms with Gasteiger partial charge in [0.1, 0.15) is 11.3 Å². The lowest BCUT2D eigenvalue weighted by molar-refractivity contribution is -0.137. The van der Waals surface area contributed by atoms with Gasteiger partial charge in [0.25, 0.3) is 5.91 Å². The van der Waals surface area contributed by atoms with Crippen LogP contribution < -0.4 is 5.32 Å². The summed E-state index contributed by atoms with van der Waals surface area (Å²) < 4.78 is 44.4. The van der Waals surface area contributed by atoms with Crippen LogP contribution >= 0.6 is 11.6 Å². The lowest BCUT2D eigenvalue weighted by Crippen LogP contribution is -2.38. The Morgan fingerprint density at radius 2 is 1.91 bits per heavy atom. The lowest BCUT2D eigenvalue weighted by Gasteiger charge is -2.26. The number of nitrogens with zero attached hydrogens (tertiary/aromatic N) is 2.